The molecule has 34 heavy (non-hydrogen) atoms. The summed E-state index contributed by atoms with van der Waals surface area (Å²) in [6.45, 7) is 7.41. The Morgan fingerprint density at radius 1 is 0.529 bits per heavy atom. The van der Waals surface area contributed by atoms with Crippen LogP contribution in [0.5, 0.6) is 23.0 Å². The summed E-state index contributed by atoms with van der Waals surface area (Å²) in [6, 6.07) is 21.9. The summed E-state index contributed by atoms with van der Waals surface area (Å²) in [5.74, 6) is 1.34. The largest absolute Gasteiger partial charge is 0.519 e. The fraction of sp³-hybridized carbons (Fsp3) is 0.138. The lowest BCUT2D eigenvalue weighted by atomic mass is 10.0. The first kappa shape index (κ1) is 22.9. The van der Waals surface area contributed by atoms with Gasteiger partial charge in [-0.25, -0.2) is 4.79 Å². The first-order chi connectivity index (χ1) is 16.2. The fourth-order valence-electron chi connectivity index (χ4n) is 3.76. The Bertz CT molecular complexity index is 1280. The van der Waals surface area contributed by atoms with Crippen LogP contribution < -0.4 is 9.47 Å². The van der Waals surface area contributed by atoms with Crippen molar-refractivity contribution in [3.63, 3.8) is 0 Å². The van der Waals surface area contributed by atoms with Gasteiger partial charge in [0.15, 0.2) is 0 Å². The van der Waals surface area contributed by atoms with Crippen LogP contribution in [0.15, 0.2) is 72.8 Å². The number of rotatable bonds is 4. The molecule has 0 spiro atoms. The smallest absolute Gasteiger partial charge is 0.508 e. The van der Waals surface area contributed by atoms with Gasteiger partial charge in [-0.15, -0.1) is 0 Å². The van der Waals surface area contributed by atoms with Gasteiger partial charge < -0.3 is 19.7 Å². The lowest BCUT2D eigenvalue weighted by Gasteiger charge is -2.12. The number of aromatic hydroxyl groups is 2. The molecule has 0 aliphatic rings. The third-order valence-corrected chi connectivity index (χ3v) is 5.80. The Hall–Kier alpha value is -4.25. The van der Waals surface area contributed by atoms with Crippen LogP contribution in [-0.4, -0.2) is 16.4 Å². The van der Waals surface area contributed by atoms with E-state index in [1.807, 2.05) is 76.2 Å². The van der Waals surface area contributed by atoms with E-state index in [-0.39, 0.29) is 11.5 Å². The quantitative estimate of drug-likeness (QED) is 0.251. The summed E-state index contributed by atoms with van der Waals surface area (Å²) >= 11 is 0. The minimum absolute atomic E-state index is 0.254. The van der Waals surface area contributed by atoms with Crippen LogP contribution in [-0.2, 0) is 0 Å². The number of phenols is 2. The summed E-state index contributed by atoms with van der Waals surface area (Å²) in [7, 11) is 0. The summed E-state index contributed by atoms with van der Waals surface area (Å²) in [5.41, 5.74) is 7.00. The molecular weight excluding hydrogens is 428 g/mol. The average molecular weight is 455 g/mol. The predicted octanol–water partition coefficient (Wildman–Crippen LogP) is 7.24. The molecule has 4 aromatic rings. The monoisotopic (exact) mass is 454 g/mol. The van der Waals surface area contributed by atoms with Crippen LogP contribution in [0.4, 0.5) is 4.79 Å². The third-order valence-electron chi connectivity index (χ3n) is 5.80. The van der Waals surface area contributed by atoms with E-state index in [0.29, 0.717) is 11.5 Å². The minimum atomic E-state index is -0.812. The molecular formula is C29H26O5. The number of hydrogen-bond acceptors (Lipinski definition) is 5. The molecule has 0 aromatic heterocycles. The van der Waals surface area contributed by atoms with Gasteiger partial charge in [0, 0.05) is 0 Å². The van der Waals surface area contributed by atoms with Crippen molar-refractivity contribution in [1.82, 2.24) is 0 Å². The van der Waals surface area contributed by atoms with Crippen molar-refractivity contribution in [3.05, 3.63) is 95.1 Å². The highest BCUT2D eigenvalue weighted by Crippen LogP contribution is 2.31. The van der Waals surface area contributed by atoms with E-state index in [9.17, 15) is 15.0 Å². The van der Waals surface area contributed by atoms with Crippen LogP contribution in [0.2, 0.25) is 0 Å². The lowest BCUT2D eigenvalue weighted by Crippen LogP contribution is -2.15. The van der Waals surface area contributed by atoms with E-state index in [2.05, 4.69) is 0 Å². The molecule has 2 N–H and O–H groups in total. The van der Waals surface area contributed by atoms with Gasteiger partial charge in [0.25, 0.3) is 0 Å². The van der Waals surface area contributed by atoms with Crippen molar-refractivity contribution in [2.24, 2.45) is 0 Å². The van der Waals surface area contributed by atoms with Crippen molar-refractivity contribution in [2.45, 2.75) is 27.7 Å². The maximum Gasteiger partial charge on any atom is 0.519 e. The van der Waals surface area contributed by atoms with Gasteiger partial charge in [0.1, 0.15) is 23.0 Å². The maximum absolute atomic E-state index is 12.5. The molecule has 0 amide bonds. The van der Waals surface area contributed by atoms with E-state index in [0.717, 1.165) is 44.5 Å². The van der Waals surface area contributed by atoms with Gasteiger partial charge in [0.05, 0.1) is 0 Å². The first-order valence-corrected chi connectivity index (χ1v) is 10.9. The molecule has 0 fully saturated rings. The highest BCUT2D eigenvalue weighted by Gasteiger charge is 2.14. The summed E-state index contributed by atoms with van der Waals surface area (Å²) in [6.07, 6.45) is -0.812. The number of hydrogen-bond donors (Lipinski definition) is 2. The zero-order valence-electron chi connectivity index (χ0n) is 19.5. The maximum atomic E-state index is 12.5. The molecule has 5 nitrogen and oxygen atoms in total. The molecule has 0 aliphatic carbocycles. The topological polar surface area (TPSA) is 76.0 Å². The zero-order valence-corrected chi connectivity index (χ0v) is 19.5. The van der Waals surface area contributed by atoms with Crippen LogP contribution >= 0.6 is 0 Å². The average Bonchev–Trinajstić information content (AvgIpc) is 2.80. The Labute approximate surface area is 198 Å². The van der Waals surface area contributed by atoms with Crippen molar-refractivity contribution >= 4 is 6.16 Å². The Balaban J connectivity index is 1.47. The highest BCUT2D eigenvalue weighted by molar-refractivity contribution is 5.73. The van der Waals surface area contributed by atoms with Crippen LogP contribution in [0, 0.1) is 27.7 Å². The van der Waals surface area contributed by atoms with Crippen LogP contribution in [0.1, 0.15) is 22.3 Å². The molecule has 172 valence electrons. The number of carbonyl (C=O) groups excluding carboxylic acids is 1. The number of carbonyl (C=O) groups is 1. The second-order valence-electron chi connectivity index (χ2n) is 8.42. The number of aryl methyl sites for hydroxylation is 4. The second-order valence-corrected chi connectivity index (χ2v) is 8.42. The van der Waals surface area contributed by atoms with Crippen LogP contribution in [0.25, 0.3) is 22.3 Å². The summed E-state index contributed by atoms with van der Waals surface area (Å²) in [4.78, 5) is 12.5. The predicted molar refractivity (Wildman–Crippen MR) is 133 cm³/mol. The molecule has 0 bridgehead atoms. The molecule has 0 saturated carbocycles. The standard InChI is InChI=1S/C29H26O5/c1-17-13-21(5-9-25(17)30)23-7-11-27(19(3)15-23)33-29(32)34-28-12-8-24(16-20(28)4)22-6-10-26(31)18(2)14-22/h5-16,30-31H,1-4H3. The lowest BCUT2D eigenvalue weighted by molar-refractivity contribution is 0.151. The SMILES string of the molecule is Cc1cc(-c2ccc(OC(=O)Oc3ccc(-c4ccc(O)c(C)c4)cc3C)c(C)c2)ccc1O. The van der Waals surface area contributed by atoms with Gasteiger partial charge >= 0.3 is 6.16 Å². The fourth-order valence-corrected chi connectivity index (χ4v) is 3.76. The molecule has 0 radical (unpaired) electrons. The molecule has 0 aliphatic heterocycles. The highest BCUT2D eigenvalue weighted by atomic mass is 16.7. The Morgan fingerprint density at radius 2 is 0.853 bits per heavy atom. The third kappa shape index (κ3) is 4.89. The molecule has 4 aromatic carbocycles. The second kappa shape index (κ2) is 9.32. The van der Waals surface area contributed by atoms with Gasteiger partial charge in [-0.2, -0.15) is 0 Å². The molecule has 0 heterocycles. The van der Waals surface area contributed by atoms with Crippen molar-refractivity contribution in [1.29, 1.82) is 0 Å². The van der Waals surface area contributed by atoms with Gasteiger partial charge in [-0.3, -0.25) is 0 Å². The van der Waals surface area contributed by atoms with Gasteiger partial charge in [-0.1, -0.05) is 24.3 Å². The van der Waals surface area contributed by atoms with Gasteiger partial charge in [0.2, 0.25) is 0 Å². The normalized spacial score (nSPS) is 10.7. The summed E-state index contributed by atoms with van der Waals surface area (Å²) in [5, 5.41) is 19.5. The van der Waals surface area contributed by atoms with Crippen molar-refractivity contribution in [2.75, 3.05) is 0 Å². The molecule has 5 heteroatoms. The minimum Gasteiger partial charge on any atom is -0.508 e. The summed E-state index contributed by atoms with van der Waals surface area (Å²) < 4.78 is 10.9. The molecule has 0 unspecified atom stereocenters. The van der Waals surface area contributed by atoms with E-state index in [4.69, 9.17) is 9.47 Å². The Morgan fingerprint density at radius 3 is 1.18 bits per heavy atom. The van der Waals surface area contributed by atoms with Crippen LogP contribution in [0.3, 0.4) is 0 Å². The first-order valence-electron chi connectivity index (χ1n) is 10.9. The van der Waals surface area contributed by atoms with E-state index in [1.165, 1.54) is 0 Å². The van der Waals surface area contributed by atoms with Crippen molar-refractivity contribution < 1.29 is 24.5 Å². The van der Waals surface area contributed by atoms with E-state index >= 15 is 0 Å². The number of phenolic OH excluding ortho intramolecular Hbond substituents is 2. The van der Waals surface area contributed by atoms with Gasteiger partial charge in [-0.05, 0) is 121 Å². The van der Waals surface area contributed by atoms with E-state index in [1.54, 1.807) is 24.3 Å². The number of ether oxygens (including phenoxy) is 2. The number of benzene rings is 4. The molecule has 0 atom stereocenters. The van der Waals surface area contributed by atoms with Crippen molar-refractivity contribution in [3.8, 4) is 45.3 Å². The molecule has 4 rings (SSSR count). The van der Waals surface area contributed by atoms with E-state index < -0.39 is 6.16 Å². The molecule has 0 saturated heterocycles. The Kier molecular flexibility index (Phi) is 6.28. The zero-order chi connectivity index (χ0) is 24.4.